The van der Waals surface area contributed by atoms with Crippen LogP contribution >= 0.6 is 0 Å². The van der Waals surface area contributed by atoms with Gasteiger partial charge in [-0.3, -0.25) is 4.79 Å². The van der Waals surface area contributed by atoms with Crippen molar-refractivity contribution in [2.24, 2.45) is 5.41 Å². The zero-order chi connectivity index (χ0) is 19.5. The van der Waals surface area contributed by atoms with Gasteiger partial charge >= 0.3 is 146 Å². The van der Waals surface area contributed by atoms with Gasteiger partial charge in [0.25, 0.3) is 0 Å². The first-order chi connectivity index (χ1) is 13.5. The summed E-state index contributed by atoms with van der Waals surface area (Å²) >= 11 is 0.435. The molecule has 4 aliphatic heterocycles. The third-order valence-corrected chi connectivity index (χ3v) is 9.07. The first-order valence-electron chi connectivity index (χ1n) is 9.76. The Hall–Kier alpha value is -1.90. The fourth-order valence-corrected chi connectivity index (χ4v) is 8.34. The number of halogens is 1. The molecule has 7 heteroatoms. The summed E-state index contributed by atoms with van der Waals surface area (Å²) < 4.78 is 2.85. The number of rotatable bonds is 2. The van der Waals surface area contributed by atoms with Gasteiger partial charge in [0.2, 0.25) is 0 Å². The topological polar surface area (TPSA) is 69.7 Å². The van der Waals surface area contributed by atoms with Gasteiger partial charge in [0.05, 0.1) is 0 Å². The fourth-order valence-electron chi connectivity index (χ4n) is 4.75. The molecular formula is C21H23IN3O3-. The van der Waals surface area contributed by atoms with Crippen molar-refractivity contribution in [1.82, 2.24) is 10.2 Å². The number of benzene rings is 1. The van der Waals surface area contributed by atoms with Crippen molar-refractivity contribution in [3.8, 4) is 0 Å². The number of fused-ring (bicyclic) bond motifs is 1. The first-order valence-corrected chi connectivity index (χ1v) is 12.8. The van der Waals surface area contributed by atoms with E-state index in [1.54, 1.807) is 6.07 Å². The summed E-state index contributed by atoms with van der Waals surface area (Å²) in [5.41, 5.74) is 2.95. The average Bonchev–Trinajstić information content (AvgIpc) is 2.91. The van der Waals surface area contributed by atoms with Gasteiger partial charge in [-0.25, -0.2) is 0 Å². The van der Waals surface area contributed by atoms with Gasteiger partial charge in [-0.1, -0.05) is 6.58 Å². The Morgan fingerprint density at radius 3 is 2.50 bits per heavy atom. The number of nitrogens with zero attached hydrogens (tertiary/aromatic N) is 2. The second-order valence-corrected chi connectivity index (χ2v) is 11.5. The third kappa shape index (κ3) is 2.77. The maximum absolute atomic E-state index is 13.0. The van der Waals surface area contributed by atoms with Crippen molar-refractivity contribution >= 4 is 23.4 Å². The molecule has 4 aliphatic rings. The van der Waals surface area contributed by atoms with Crippen LogP contribution in [0.15, 0.2) is 30.5 Å². The molecule has 6 nitrogen and oxygen atoms in total. The monoisotopic (exact) mass is 492 g/mol. The number of alkyl halides is 2. The number of anilines is 1. The van der Waals surface area contributed by atoms with Crippen LogP contribution in [0, 0.1) is 5.41 Å². The summed E-state index contributed by atoms with van der Waals surface area (Å²) in [5, 5.41) is 2.67. The number of hydrogen-bond acceptors (Lipinski definition) is 4. The van der Waals surface area contributed by atoms with E-state index >= 15 is 0 Å². The Labute approximate surface area is 174 Å². The van der Waals surface area contributed by atoms with E-state index in [9.17, 15) is 14.4 Å². The molecule has 0 aliphatic carbocycles. The zero-order valence-corrected chi connectivity index (χ0v) is 17.8. The molecule has 0 bridgehead atoms. The molecule has 3 saturated heterocycles. The van der Waals surface area contributed by atoms with Crippen molar-refractivity contribution in [3.05, 3.63) is 41.6 Å². The van der Waals surface area contributed by atoms with Gasteiger partial charge in [0.15, 0.2) is 0 Å². The van der Waals surface area contributed by atoms with Crippen LogP contribution in [-0.4, -0.2) is 50.6 Å². The molecule has 3 fully saturated rings. The smallest absolute Gasteiger partial charge is 0.329 e. The van der Waals surface area contributed by atoms with E-state index in [4.69, 9.17) is 0 Å². The van der Waals surface area contributed by atoms with Crippen LogP contribution in [0.2, 0.25) is 0 Å². The number of carbonyl (C=O) groups excluding carboxylic acids is 3. The van der Waals surface area contributed by atoms with E-state index in [0.29, 0.717) is 56.3 Å². The van der Waals surface area contributed by atoms with Crippen LogP contribution in [-0.2, 0) is 4.79 Å². The minimum absolute atomic E-state index is 0.323. The van der Waals surface area contributed by atoms with Crippen LogP contribution in [0.25, 0.3) is 0 Å². The normalized spacial score (nSPS) is 26.6. The summed E-state index contributed by atoms with van der Waals surface area (Å²) in [4.78, 5) is 41.6. The molecule has 148 valence electrons. The minimum atomic E-state index is -0.751. The standard InChI is InChI=1S/C21H23IN3O3/c1-13-2-5-17(18(26)23-13)25-19(27)15-4-3-14(10-16(15)20(25)28)24-11-21(12-24)6-8-22-9-7-21/h3-4,10,17H,1-2,5-9,11-12H2,(H,23,26)/q-1. The van der Waals surface area contributed by atoms with E-state index < -0.39 is 6.04 Å². The molecule has 5 rings (SSSR count). The molecule has 0 aromatic heterocycles. The molecule has 3 amide bonds. The van der Waals surface area contributed by atoms with Gasteiger partial charge in [-0.05, 0) is 6.42 Å². The number of hydrogen-bond donors (Lipinski definition) is 1. The van der Waals surface area contributed by atoms with Crippen molar-refractivity contribution in [1.29, 1.82) is 0 Å². The van der Waals surface area contributed by atoms with E-state index in [1.165, 1.54) is 21.7 Å². The molecule has 1 aromatic carbocycles. The molecule has 1 aromatic rings. The third-order valence-electron chi connectivity index (χ3n) is 6.47. The Morgan fingerprint density at radius 2 is 1.79 bits per heavy atom. The Kier molecular flexibility index (Phi) is 4.26. The van der Waals surface area contributed by atoms with Gasteiger partial charge in [-0.15, -0.1) is 0 Å². The number of nitrogens with one attached hydrogen (secondary N) is 1. The van der Waals surface area contributed by atoms with Gasteiger partial charge < -0.3 is 5.32 Å². The van der Waals surface area contributed by atoms with Crippen molar-refractivity contribution in [3.63, 3.8) is 0 Å². The molecule has 1 spiro atoms. The minimum Gasteiger partial charge on any atom is -0.329 e. The predicted molar refractivity (Wildman–Crippen MR) is 101 cm³/mol. The maximum atomic E-state index is 13.0. The molecule has 0 radical (unpaired) electrons. The summed E-state index contributed by atoms with van der Waals surface area (Å²) in [7, 11) is 0. The molecule has 1 N–H and O–H groups in total. The van der Waals surface area contributed by atoms with E-state index in [1.807, 2.05) is 12.1 Å². The van der Waals surface area contributed by atoms with Gasteiger partial charge in [0.1, 0.15) is 0 Å². The molecule has 4 heterocycles. The second kappa shape index (κ2) is 6.57. The van der Waals surface area contributed by atoms with Crippen molar-refractivity contribution < 1.29 is 35.6 Å². The Balaban J connectivity index is 1.36. The van der Waals surface area contributed by atoms with E-state index in [-0.39, 0.29) is 17.7 Å². The van der Waals surface area contributed by atoms with Crippen LogP contribution < -0.4 is 31.4 Å². The first kappa shape index (κ1) is 18.1. The molecule has 1 atom stereocenters. The van der Waals surface area contributed by atoms with Gasteiger partial charge in [0, 0.05) is 5.70 Å². The number of piperidine rings is 1. The van der Waals surface area contributed by atoms with Gasteiger partial charge in [-0.2, -0.15) is 0 Å². The van der Waals surface area contributed by atoms with Crippen molar-refractivity contribution in [2.45, 2.75) is 31.7 Å². The second-order valence-electron chi connectivity index (χ2n) is 8.28. The van der Waals surface area contributed by atoms with E-state index in [0.717, 1.165) is 23.7 Å². The molecular weight excluding hydrogens is 469 g/mol. The summed E-state index contributed by atoms with van der Waals surface area (Å²) in [5.74, 6) is -1.04. The number of allylic oxidation sites excluding steroid dienone is 1. The summed E-state index contributed by atoms with van der Waals surface area (Å²) in [6.07, 6.45) is 3.69. The van der Waals surface area contributed by atoms with E-state index in [2.05, 4.69) is 16.8 Å². The number of amides is 3. The molecule has 0 saturated carbocycles. The summed E-state index contributed by atoms with van der Waals surface area (Å²) in [6.45, 7) is 5.86. The zero-order valence-electron chi connectivity index (χ0n) is 15.7. The number of imide groups is 1. The van der Waals surface area contributed by atoms with Crippen LogP contribution in [0.5, 0.6) is 0 Å². The van der Waals surface area contributed by atoms with Crippen LogP contribution in [0.1, 0.15) is 46.4 Å². The van der Waals surface area contributed by atoms with Crippen molar-refractivity contribution in [2.75, 3.05) is 26.8 Å². The predicted octanol–water partition coefficient (Wildman–Crippen LogP) is -1.24. The summed E-state index contributed by atoms with van der Waals surface area (Å²) in [6, 6.07) is 4.79. The molecule has 1 unspecified atom stereocenters. The Bertz CT molecular complexity index is 898. The quantitative estimate of drug-likeness (QED) is 0.319. The molecule has 28 heavy (non-hydrogen) atoms. The fraction of sp³-hybridized carbons (Fsp3) is 0.476. The van der Waals surface area contributed by atoms with Crippen LogP contribution in [0.3, 0.4) is 0 Å². The van der Waals surface area contributed by atoms with Crippen LogP contribution in [0.4, 0.5) is 5.69 Å². The average molecular weight is 492 g/mol. The Morgan fingerprint density at radius 1 is 1.07 bits per heavy atom. The number of carbonyl (C=O) groups is 3. The SMILES string of the molecule is C=C1CCC(N2C(=O)c3ccc(N4CC5(CC[I-]CC5)C4)cc3C2=O)C(=O)N1.